The Bertz CT molecular complexity index is 1160. The molecule has 0 N–H and O–H groups in total. The average molecular weight is 434 g/mol. The molecule has 1 aliphatic carbocycles. The molecule has 1 aliphatic heterocycles. The fourth-order valence-corrected chi connectivity index (χ4v) is 5.84. The zero-order valence-electron chi connectivity index (χ0n) is 15.8. The minimum atomic E-state index is -3.50. The van der Waals surface area contributed by atoms with Crippen LogP contribution in [0.15, 0.2) is 46.1 Å². The Kier molecular flexibility index (Phi) is 4.30. The number of rotatable bonds is 4. The Morgan fingerprint density at radius 1 is 1.28 bits per heavy atom. The summed E-state index contributed by atoms with van der Waals surface area (Å²) >= 11 is 6.04. The van der Waals surface area contributed by atoms with Crippen LogP contribution in [0.4, 0.5) is 0 Å². The van der Waals surface area contributed by atoms with Crippen LogP contribution in [-0.2, 0) is 17.1 Å². The van der Waals surface area contributed by atoms with Crippen molar-refractivity contribution in [3.8, 4) is 11.4 Å². The van der Waals surface area contributed by atoms with E-state index in [0.29, 0.717) is 29.8 Å². The second-order valence-electron chi connectivity index (χ2n) is 7.84. The maximum absolute atomic E-state index is 12.8. The molecule has 1 unspecified atom stereocenters. The van der Waals surface area contributed by atoms with E-state index in [1.54, 1.807) is 23.5 Å². The van der Waals surface area contributed by atoms with Gasteiger partial charge in [-0.2, -0.15) is 14.4 Å². The fraction of sp³-hybridized carbons (Fsp3) is 0.421. The van der Waals surface area contributed by atoms with E-state index in [0.717, 1.165) is 24.8 Å². The van der Waals surface area contributed by atoms with E-state index >= 15 is 0 Å². The van der Waals surface area contributed by atoms with Gasteiger partial charge in [0.05, 0.1) is 6.20 Å². The molecule has 2 fully saturated rings. The van der Waals surface area contributed by atoms with Crippen LogP contribution in [0, 0.1) is 5.41 Å². The molecule has 2 aromatic heterocycles. The van der Waals surface area contributed by atoms with Gasteiger partial charge < -0.3 is 4.52 Å². The van der Waals surface area contributed by atoms with Crippen LogP contribution in [0.1, 0.15) is 31.1 Å². The SMILES string of the molecule is Cn1cc(S(=O)(=O)N2CCC3(CC2)CC3c2nc(-c3cccc(Cl)c3)no2)cn1. The lowest BCUT2D eigenvalue weighted by Crippen LogP contribution is -2.39. The third-order valence-corrected chi connectivity index (χ3v) is 8.14. The van der Waals surface area contributed by atoms with Crippen LogP contribution in [-0.4, -0.2) is 45.7 Å². The second-order valence-corrected chi connectivity index (χ2v) is 10.2. The van der Waals surface area contributed by atoms with Crippen molar-refractivity contribution < 1.29 is 12.9 Å². The minimum absolute atomic E-state index is 0.0547. The number of aryl methyl sites for hydroxylation is 1. The number of sulfonamides is 1. The normalized spacial score (nSPS) is 21.5. The van der Waals surface area contributed by atoms with Crippen molar-refractivity contribution in [2.75, 3.05) is 13.1 Å². The standard InChI is InChI=1S/C19H20ClN5O3S/c1-24-12-15(11-21-24)29(26,27)25-7-5-19(6-8-25)10-16(19)18-22-17(23-28-18)13-3-2-4-14(20)9-13/h2-4,9,11-12,16H,5-8,10H2,1H3. The number of hydrogen-bond donors (Lipinski definition) is 0. The highest BCUT2D eigenvalue weighted by molar-refractivity contribution is 7.89. The number of hydrogen-bond acceptors (Lipinski definition) is 6. The molecule has 0 amide bonds. The molecule has 29 heavy (non-hydrogen) atoms. The van der Waals surface area contributed by atoms with Gasteiger partial charge in [-0.3, -0.25) is 4.68 Å². The second kappa shape index (κ2) is 6.65. The molecular weight excluding hydrogens is 414 g/mol. The third kappa shape index (κ3) is 3.27. The highest BCUT2D eigenvalue weighted by atomic mass is 35.5. The zero-order chi connectivity index (χ0) is 20.2. The van der Waals surface area contributed by atoms with Gasteiger partial charge in [0.15, 0.2) is 0 Å². The van der Waals surface area contributed by atoms with Crippen LogP contribution in [0.3, 0.4) is 0 Å². The van der Waals surface area contributed by atoms with Gasteiger partial charge in [-0.25, -0.2) is 8.42 Å². The zero-order valence-corrected chi connectivity index (χ0v) is 17.4. The molecule has 1 atom stereocenters. The van der Waals surface area contributed by atoms with Crippen LogP contribution in [0.5, 0.6) is 0 Å². The summed E-state index contributed by atoms with van der Waals surface area (Å²) < 4.78 is 34.2. The highest BCUT2D eigenvalue weighted by Crippen LogP contribution is 2.64. The number of nitrogens with zero attached hydrogens (tertiary/aromatic N) is 5. The van der Waals surface area contributed by atoms with Crippen molar-refractivity contribution in [1.82, 2.24) is 24.2 Å². The molecule has 10 heteroatoms. The predicted molar refractivity (Wildman–Crippen MR) is 106 cm³/mol. The Labute approximate surface area is 173 Å². The highest BCUT2D eigenvalue weighted by Gasteiger charge is 2.59. The number of halogens is 1. The number of aromatic nitrogens is 4. The Hall–Kier alpha value is -2.23. The molecule has 0 bridgehead atoms. The van der Waals surface area contributed by atoms with Crippen molar-refractivity contribution in [3.63, 3.8) is 0 Å². The number of benzene rings is 1. The molecule has 3 aromatic rings. The monoisotopic (exact) mass is 433 g/mol. The summed E-state index contributed by atoms with van der Waals surface area (Å²) in [6.07, 6.45) is 5.45. The van der Waals surface area contributed by atoms with E-state index < -0.39 is 10.0 Å². The summed E-state index contributed by atoms with van der Waals surface area (Å²) in [5.41, 5.74) is 0.874. The minimum Gasteiger partial charge on any atom is -0.339 e. The summed E-state index contributed by atoms with van der Waals surface area (Å²) in [5, 5.41) is 8.70. The molecule has 152 valence electrons. The molecule has 5 rings (SSSR count). The smallest absolute Gasteiger partial charge is 0.246 e. The molecule has 3 heterocycles. The van der Waals surface area contributed by atoms with E-state index in [4.69, 9.17) is 16.1 Å². The molecular formula is C19H20ClN5O3S. The average Bonchev–Trinajstić information content (AvgIpc) is 3.06. The quantitative estimate of drug-likeness (QED) is 0.627. The van der Waals surface area contributed by atoms with E-state index in [9.17, 15) is 8.42 Å². The van der Waals surface area contributed by atoms with Gasteiger partial charge in [-0.05, 0) is 36.8 Å². The molecule has 1 spiro atoms. The summed E-state index contributed by atoms with van der Waals surface area (Å²) in [6.45, 7) is 0.978. The first-order valence-electron chi connectivity index (χ1n) is 9.46. The lowest BCUT2D eigenvalue weighted by Gasteiger charge is -2.31. The topological polar surface area (TPSA) is 94.1 Å². The van der Waals surface area contributed by atoms with Gasteiger partial charge in [-0.1, -0.05) is 28.9 Å². The first-order chi connectivity index (χ1) is 13.9. The van der Waals surface area contributed by atoms with Crippen LogP contribution in [0.25, 0.3) is 11.4 Å². The molecule has 1 saturated heterocycles. The van der Waals surface area contributed by atoms with E-state index in [1.807, 2.05) is 12.1 Å². The number of piperidine rings is 1. The van der Waals surface area contributed by atoms with Crippen molar-refractivity contribution >= 4 is 21.6 Å². The molecule has 2 aliphatic rings. The van der Waals surface area contributed by atoms with Crippen LogP contribution >= 0.6 is 11.6 Å². The van der Waals surface area contributed by atoms with Gasteiger partial charge >= 0.3 is 0 Å². The van der Waals surface area contributed by atoms with Gasteiger partial charge in [0, 0.05) is 42.8 Å². The molecule has 1 aromatic carbocycles. The Morgan fingerprint density at radius 2 is 2.07 bits per heavy atom. The van der Waals surface area contributed by atoms with Gasteiger partial charge in [0.2, 0.25) is 21.7 Å². The lowest BCUT2D eigenvalue weighted by atomic mass is 9.92. The van der Waals surface area contributed by atoms with Crippen LogP contribution in [0.2, 0.25) is 5.02 Å². The fourth-order valence-electron chi connectivity index (χ4n) is 4.22. The van der Waals surface area contributed by atoms with Gasteiger partial charge in [0.1, 0.15) is 4.90 Å². The maximum atomic E-state index is 12.8. The third-order valence-electron chi connectivity index (χ3n) is 6.05. The lowest BCUT2D eigenvalue weighted by molar-refractivity contribution is 0.242. The first-order valence-corrected chi connectivity index (χ1v) is 11.3. The van der Waals surface area contributed by atoms with Crippen LogP contribution < -0.4 is 0 Å². The van der Waals surface area contributed by atoms with E-state index in [2.05, 4.69) is 15.2 Å². The maximum Gasteiger partial charge on any atom is 0.246 e. The molecule has 8 nitrogen and oxygen atoms in total. The van der Waals surface area contributed by atoms with Gasteiger partial charge in [0.25, 0.3) is 0 Å². The summed E-state index contributed by atoms with van der Waals surface area (Å²) in [7, 11) is -1.79. The molecule has 0 radical (unpaired) electrons. The summed E-state index contributed by atoms with van der Waals surface area (Å²) in [6, 6.07) is 7.35. The molecule has 1 saturated carbocycles. The van der Waals surface area contributed by atoms with E-state index in [1.165, 1.54) is 17.1 Å². The Morgan fingerprint density at radius 3 is 2.76 bits per heavy atom. The largest absolute Gasteiger partial charge is 0.339 e. The Balaban J connectivity index is 1.28. The first kappa shape index (κ1) is 18.8. The van der Waals surface area contributed by atoms with Crippen molar-refractivity contribution in [2.45, 2.75) is 30.1 Å². The van der Waals surface area contributed by atoms with Crippen molar-refractivity contribution in [3.05, 3.63) is 47.6 Å². The van der Waals surface area contributed by atoms with Crippen molar-refractivity contribution in [1.29, 1.82) is 0 Å². The predicted octanol–water partition coefficient (Wildman–Crippen LogP) is 3.08. The van der Waals surface area contributed by atoms with Crippen molar-refractivity contribution in [2.24, 2.45) is 12.5 Å². The van der Waals surface area contributed by atoms with E-state index in [-0.39, 0.29) is 16.2 Å². The summed E-state index contributed by atoms with van der Waals surface area (Å²) in [4.78, 5) is 4.81. The van der Waals surface area contributed by atoms with Gasteiger partial charge in [-0.15, -0.1) is 0 Å². The summed E-state index contributed by atoms with van der Waals surface area (Å²) in [5.74, 6) is 1.34.